The van der Waals surface area contributed by atoms with Crippen LogP contribution in [0.2, 0.25) is 0 Å². The van der Waals surface area contributed by atoms with E-state index < -0.39 is 11.2 Å². The number of nitrogens with zero attached hydrogens (tertiary/aromatic N) is 2. The number of carbonyl (C=O) groups excluding carboxylic acids is 1. The van der Waals surface area contributed by atoms with Crippen molar-refractivity contribution in [2.75, 3.05) is 14.2 Å². The number of aryl methyl sites for hydroxylation is 1. The molecule has 0 aliphatic rings. The van der Waals surface area contributed by atoms with E-state index in [1.807, 2.05) is 36.4 Å². The van der Waals surface area contributed by atoms with Gasteiger partial charge in [0.1, 0.15) is 0 Å². The average molecular weight is 444 g/mol. The Morgan fingerprint density at radius 1 is 0.818 bits per heavy atom. The molecule has 0 bridgehead atoms. The minimum absolute atomic E-state index is 0.186. The van der Waals surface area contributed by atoms with E-state index in [0.717, 1.165) is 5.56 Å². The fourth-order valence-electron chi connectivity index (χ4n) is 3.84. The fraction of sp³-hybridized carbons (Fsp3) is 0.192. The second kappa shape index (κ2) is 9.56. The number of aromatic nitrogens is 2. The summed E-state index contributed by atoms with van der Waals surface area (Å²) in [7, 11) is 2.95. The zero-order chi connectivity index (χ0) is 23.4. The van der Waals surface area contributed by atoms with Gasteiger partial charge in [0, 0.05) is 18.2 Å². The van der Waals surface area contributed by atoms with Gasteiger partial charge in [0.2, 0.25) is 0 Å². The normalized spacial score (nSPS) is 10.8. The molecule has 0 saturated heterocycles. The van der Waals surface area contributed by atoms with E-state index in [0.29, 0.717) is 29.0 Å². The summed E-state index contributed by atoms with van der Waals surface area (Å²) in [5, 5.41) is 0.279. The molecule has 4 aromatic rings. The van der Waals surface area contributed by atoms with Crippen molar-refractivity contribution >= 4 is 16.7 Å². The summed E-state index contributed by atoms with van der Waals surface area (Å²) in [6.07, 6.45) is 0.501. The van der Waals surface area contributed by atoms with Crippen LogP contribution in [0.25, 0.3) is 10.9 Å². The van der Waals surface area contributed by atoms with Gasteiger partial charge in [-0.3, -0.25) is 18.7 Å². The third-order valence-electron chi connectivity index (χ3n) is 5.59. The van der Waals surface area contributed by atoms with Gasteiger partial charge < -0.3 is 9.47 Å². The Morgan fingerprint density at radius 2 is 1.42 bits per heavy atom. The smallest absolute Gasteiger partial charge is 0.331 e. The van der Waals surface area contributed by atoms with Crippen molar-refractivity contribution in [3.8, 4) is 11.5 Å². The third-order valence-corrected chi connectivity index (χ3v) is 5.59. The molecule has 4 rings (SSSR count). The number of carbonyl (C=O) groups is 1. The van der Waals surface area contributed by atoms with Crippen molar-refractivity contribution in [3.05, 3.63) is 105 Å². The molecule has 3 aromatic carbocycles. The van der Waals surface area contributed by atoms with Crippen molar-refractivity contribution in [1.82, 2.24) is 9.13 Å². The van der Waals surface area contributed by atoms with E-state index in [1.165, 1.54) is 23.4 Å². The number of benzene rings is 3. The highest BCUT2D eigenvalue weighted by Gasteiger charge is 2.19. The van der Waals surface area contributed by atoms with Gasteiger partial charge in [-0.05, 0) is 18.1 Å². The van der Waals surface area contributed by atoms with Crippen LogP contribution in [-0.2, 0) is 19.5 Å². The second-order valence-corrected chi connectivity index (χ2v) is 7.57. The van der Waals surface area contributed by atoms with Crippen LogP contribution in [0.15, 0.2) is 82.4 Å². The molecule has 7 nitrogen and oxygen atoms in total. The molecular weight excluding hydrogens is 420 g/mol. The van der Waals surface area contributed by atoms with Crippen LogP contribution in [0.1, 0.15) is 15.9 Å². The van der Waals surface area contributed by atoms with Crippen molar-refractivity contribution in [1.29, 1.82) is 0 Å². The van der Waals surface area contributed by atoms with Gasteiger partial charge in [0.25, 0.3) is 5.56 Å². The summed E-state index contributed by atoms with van der Waals surface area (Å²) in [6.45, 7) is -0.0219. The predicted molar refractivity (Wildman–Crippen MR) is 126 cm³/mol. The molecule has 0 aliphatic heterocycles. The largest absolute Gasteiger partial charge is 0.493 e. The SMILES string of the molecule is COc1cc2c(=O)n(CCc3ccccc3)c(=O)n(CC(=O)c3ccccc3)c2cc1OC. The lowest BCUT2D eigenvalue weighted by atomic mass is 10.1. The molecule has 1 aromatic heterocycles. The molecule has 7 heteroatoms. The summed E-state index contributed by atoms with van der Waals surface area (Å²) in [4.78, 5) is 39.7. The summed E-state index contributed by atoms with van der Waals surface area (Å²) in [6, 6.07) is 21.5. The van der Waals surface area contributed by atoms with Crippen LogP contribution in [-0.4, -0.2) is 29.1 Å². The van der Waals surface area contributed by atoms with Crippen molar-refractivity contribution in [2.24, 2.45) is 0 Å². The minimum Gasteiger partial charge on any atom is -0.493 e. The molecule has 0 fully saturated rings. The van der Waals surface area contributed by atoms with Crippen LogP contribution in [0.4, 0.5) is 0 Å². The summed E-state index contributed by atoms with van der Waals surface area (Å²) >= 11 is 0. The molecule has 168 valence electrons. The Bertz CT molecular complexity index is 1410. The van der Waals surface area contributed by atoms with Gasteiger partial charge in [0.05, 0.1) is 31.7 Å². The maximum atomic E-state index is 13.4. The zero-order valence-corrected chi connectivity index (χ0v) is 18.5. The third kappa shape index (κ3) is 4.43. The second-order valence-electron chi connectivity index (χ2n) is 7.57. The van der Waals surface area contributed by atoms with Gasteiger partial charge in [-0.1, -0.05) is 60.7 Å². The first-order valence-corrected chi connectivity index (χ1v) is 10.5. The standard InChI is InChI=1S/C26H24N2O5/c1-32-23-15-20-21(16-24(23)33-2)28(17-22(29)19-11-7-4-8-12-19)26(31)27(25(20)30)14-13-18-9-5-3-6-10-18/h3-12,15-16H,13-14,17H2,1-2H3. The highest BCUT2D eigenvalue weighted by atomic mass is 16.5. The monoisotopic (exact) mass is 444 g/mol. The van der Waals surface area contributed by atoms with Crippen LogP contribution < -0.4 is 20.7 Å². The molecule has 33 heavy (non-hydrogen) atoms. The molecule has 0 spiro atoms. The van der Waals surface area contributed by atoms with Crippen molar-refractivity contribution in [2.45, 2.75) is 19.5 Å². The van der Waals surface area contributed by atoms with Crippen LogP contribution in [0, 0.1) is 0 Å². The molecule has 1 heterocycles. The molecule has 0 saturated carbocycles. The van der Waals surface area contributed by atoms with Crippen molar-refractivity contribution < 1.29 is 14.3 Å². The van der Waals surface area contributed by atoms with Crippen LogP contribution in [0.5, 0.6) is 11.5 Å². The number of fused-ring (bicyclic) bond motifs is 1. The quantitative estimate of drug-likeness (QED) is 0.390. The summed E-state index contributed by atoms with van der Waals surface area (Å²) in [5.74, 6) is 0.505. The lowest BCUT2D eigenvalue weighted by molar-refractivity contribution is 0.0971. The van der Waals surface area contributed by atoms with Gasteiger partial charge >= 0.3 is 5.69 Å². The van der Waals surface area contributed by atoms with E-state index >= 15 is 0 Å². The first-order chi connectivity index (χ1) is 16.0. The maximum Gasteiger partial charge on any atom is 0.331 e. The zero-order valence-electron chi connectivity index (χ0n) is 18.5. The molecule has 0 atom stereocenters. The van der Waals surface area contributed by atoms with Crippen LogP contribution >= 0.6 is 0 Å². The molecule has 0 amide bonds. The fourth-order valence-corrected chi connectivity index (χ4v) is 3.84. The number of Topliss-reactive ketones (excluding diaryl/α,β-unsaturated/α-hetero) is 1. The molecule has 0 N–H and O–H groups in total. The topological polar surface area (TPSA) is 79.5 Å². The molecular formula is C26H24N2O5. The van der Waals surface area contributed by atoms with Crippen molar-refractivity contribution in [3.63, 3.8) is 0 Å². The van der Waals surface area contributed by atoms with Gasteiger partial charge in [-0.15, -0.1) is 0 Å². The Labute approximate surface area is 190 Å². The Kier molecular flexibility index (Phi) is 6.40. The van der Waals surface area contributed by atoms with E-state index in [-0.39, 0.29) is 24.3 Å². The molecule has 0 aliphatic carbocycles. The number of hydrogen-bond donors (Lipinski definition) is 0. The van der Waals surface area contributed by atoms with E-state index in [4.69, 9.17) is 9.47 Å². The summed E-state index contributed by atoms with van der Waals surface area (Å²) in [5.41, 5.74) is 0.835. The lowest BCUT2D eigenvalue weighted by Crippen LogP contribution is -2.41. The number of ether oxygens (including phenoxy) is 2. The maximum absolute atomic E-state index is 13.4. The number of rotatable bonds is 8. The average Bonchev–Trinajstić information content (AvgIpc) is 2.86. The van der Waals surface area contributed by atoms with Crippen LogP contribution in [0.3, 0.4) is 0 Å². The van der Waals surface area contributed by atoms with Gasteiger partial charge in [-0.25, -0.2) is 4.79 Å². The van der Waals surface area contributed by atoms with E-state index in [9.17, 15) is 14.4 Å². The molecule has 0 unspecified atom stereocenters. The van der Waals surface area contributed by atoms with Gasteiger partial charge in [-0.2, -0.15) is 0 Å². The Morgan fingerprint density at radius 3 is 2.06 bits per heavy atom. The highest BCUT2D eigenvalue weighted by Crippen LogP contribution is 2.30. The predicted octanol–water partition coefficient (Wildman–Crippen LogP) is 3.31. The first kappa shape index (κ1) is 22.1. The summed E-state index contributed by atoms with van der Waals surface area (Å²) < 4.78 is 13.2. The Hall–Kier alpha value is -4.13. The number of methoxy groups -OCH3 is 2. The Balaban J connectivity index is 1.88. The number of hydrogen-bond acceptors (Lipinski definition) is 5. The highest BCUT2D eigenvalue weighted by molar-refractivity contribution is 5.96. The lowest BCUT2D eigenvalue weighted by Gasteiger charge is -2.16. The number of ketones is 1. The van der Waals surface area contributed by atoms with E-state index in [2.05, 4.69) is 0 Å². The van der Waals surface area contributed by atoms with E-state index in [1.54, 1.807) is 36.4 Å². The molecule has 0 radical (unpaired) electrons. The first-order valence-electron chi connectivity index (χ1n) is 10.5. The van der Waals surface area contributed by atoms with Gasteiger partial charge in [0.15, 0.2) is 17.3 Å². The minimum atomic E-state index is -0.542.